The molecule has 2 atom stereocenters. The van der Waals surface area contributed by atoms with E-state index in [-0.39, 0.29) is 18.5 Å². The Hall–Kier alpha value is -2.58. The molecule has 2 aromatic rings. The molecule has 2 N–H and O–H groups in total. The molecule has 148 valence electrons. The third-order valence-electron chi connectivity index (χ3n) is 4.27. The summed E-state index contributed by atoms with van der Waals surface area (Å²) in [5.41, 5.74) is 0.00484. The van der Waals surface area contributed by atoms with Gasteiger partial charge in [-0.05, 0) is 27.2 Å². The van der Waals surface area contributed by atoms with Gasteiger partial charge in [0, 0.05) is 25.2 Å². The molecule has 9 heteroatoms. The average molecular weight is 382 g/mol. The number of piperidine rings is 1. The van der Waals surface area contributed by atoms with E-state index in [1.807, 2.05) is 0 Å². The summed E-state index contributed by atoms with van der Waals surface area (Å²) in [5, 5.41) is 2.57. The van der Waals surface area contributed by atoms with E-state index in [1.165, 1.54) is 13.2 Å². The molecule has 0 spiro atoms. The van der Waals surface area contributed by atoms with Crippen LogP contribution in [0.5, 0.6) is 5.75 Å². The Balaban J connectivity index is 1.76. The summed E-state index contributed by atoms with van der Waals surface area (Å²) in [6.07, 6.45) is -1.66. The summed E-state index contributed by atoms with van der Waals surface area (Å²) < 4.78 is 38.7. The number of anilines is 1. The van der Waals surface area contributed by atoms with E-state index >= 15 is 0 Å². The lowest BCUT2D eigenvalue weighted by Gasteiger charge is -2.35. The molecule has 0 radical (unpaired) electrons. The van der Waals surface area contributed by atoms with Gasteiger partial charge in [0.05, 0.1) is 18.7 Å². The summed E-state index contributed by atoms with van der Waals surface area (Å²) in [6, 6.07) is 2.15. The number of methoxy groups -OCH3 is 1. The van der Waals surface area contributed by atoms with E-state index in [0.717, 1.165) is 0 Å². The highest BCUT2D eigenvalue weighted by Crippen LogP contribution is 2.27. The van der Waals surface area contributed by atoms with Gasteiger partial charge in [0.15, 0.2) is 5.82 Å². The summed E-state index contributed by atoms with van der Waals surface area (Å²) >= 11 is 0. The number of fused-ring (bicyclic) bond motifs is 1. The Bertz CT molecular complexity index is 834. The second-order valence-corrected chi connectivity index (χ2v) is 7.57. The molecule has 27 heavy (non-hydrogen) atoms. The number of halogens is 2. The first-order valence-electron chi connectivity index (χ1n) is 8.78. The van der Waals surface area contributed by atoms with Crippen molar-refractivity contribution in [2.75, 3.05) is 25.1 Å². The molecule has 0 unspecified atom stereocenters. The van der Waals surface area contributed by atoms with Gasteiger partial charge >= 0.3 is 6.09 Å². The fourth-order valence-corrected chi connectivity index (χ4v) is 3.02. The zero-order valence-electron chi connectivity index (χ0n) is 15.8. The minimum Gasteiger partial charge on any atom is -0.497 e. The number of alkyl carbamates (subject to hydrolysis) is 1. The number of hydrogen-bond donors (Lipinski definition) is 2. The van der Waals surface area contributed by atoms with Gasteiger partial charge in [-0.15, -0.1) is 0 Å². The fraction of sp³-hybridized carbons (Fsp3) is 0.556. The maximum atomic E-state index is 14.3. The molecule has 0 bridgehead atoms. The van der Waals surface area contributed by atoms with Crippen LogP contribution >= 0.6 is 0 Å². The number of amides is 1. The quantitative estimate of drug-likeness (QED) is 0.853. The van der Waals surface area contributed by atoms with Gasteiger partial charge in [0.2, 0.25) is 5.95 Å². The second-order valence-electron chi connectivity index (χ2n) is 7.57. The molecule has 0 saturated carbocycles. The predicted molar refractivity (Wildman–Crippen MR) is 97.5 cm³/mol. The van der Waals surface area contributed by atoms with Gasteiger partial charge in [-0.2, -0.15) is 0 Å². The Morgan fingerprint density at radius 2 is 2.15 bits per heavy atom. The van der Waals surface area contributed by atoms with Crippen molar-refractivity contribution in [3.8, 4) is 5.75 Å². The molecule has 1 fully saturated rings. The number of imidazole rings is 1. The molecule has 3 rings (SSSR count). The van der Waals surface area contributed by atoms with E-state index < -0.39 is 29.7 Å². The Kier molecular flexibility index (Phi) is 5.12. The number of hydrogen-bond acceptors (Lipinski definition) is 5. The smallest absolute Gasteiger partial charge is 0.408 e. The zero-order valence-corrected chi connectivity index (χ0v) is 15.8. The minimum absolute atomic E-state index is 0.185. The SMILES string of the molecule is COc1cc(F)c2nc(N3CC[C@@H](F)[C@H](NC(=O)OC(C)(C)C)C3)[nH]c2c1. The molecule has 1 aromatic heterocycles. The summed E-state index contributed by atoms with van der Waals surface area (Å²) in [7, 11) is 1.46. The highest BCUT2D eigenvalue weighted by atomic mass is 19.1. The number of benzene rings is 1. The third kappa shape index (κ3) is 4.40. The van der Waals surface area contributed by atoms with Gasteiger partial charge in [-0.25, -0.2) is 18.6 Å². The van der Waals surface area contributed by atoms with Gasteiger partial charge in [-0.3, -0.25) is 0 Å². The number of rotatable bonds is 3. The van der Waals surface area contributed by atoms with E-state index in [1.54, 1.807) is 31.7 Å². The third-order valence-corrected chi connectivity index (χ3v) is 4.27. The number of H-pyrrole nitrogens is 1. The van der Waals surface area contributed by atoms with Crippen molar-refractivity contribution in [1.29, 1.82) is 0 Å². The van der Waals surface area contributed by atoms with Crippen molar-refractivity contribution in [2.24, 2.45) is 0 Å². The minimum atomic E-state index is -1.20. The Morgan fingerprint density at radius 3 is 2.81 bits per heavy atom. The molecule has 1 aliphatic heterocycles. The van der Waals surface area contributed by atoms with Crippen LogP contribution in [0.15, 0.2) is 12.1 Å². The van der Waals surface area contributed by atoms with E-state index in [4.69, 9.17) is 9.47 Å². The monoisotopic (exact) mass is 382 g/mol. The number of carbonyl (C=O) groups is 1. The number of alkyl halides is 1. The molecular formula is C18H24F2N4O3. The van der Waals surface area contributed by atoms with E-state index in [0.29, 0.717) is 23.8 Å². The van der Waals surface area contributed by atoms with Crippen molar-refractivity contribution in [3.05, 3.63) is 17.9 Å². The van der Waals surface area contributed by atoms with Crippen LogP contribution in [0.3, 0.4) is 0 Å². The average Bonchev–Trinajstić information content (AvgIpc) is 2.99. The summed E-state index contributed by atoms with van der Waals surface area (Å²) in [6.45, 7) is 5.81. The van der Waals surface area contributed by atoms with Crippen LogP contribution in [0.2, 0.25) is 0 Å². The number of carbonyl (C=O) groups excluding carboxylic acids is 1. The number of nitrogens with one attached hydrogen (secondary N) is 2. The Morgan fingerprint density at radius 1 is 1.41 bits per heavy atom. The number of aromatic nitrogens is 2. The fourth-order valence-electron chi connectivity index (χ4n) is 3.02. The van der Waals surface area contributed by atoms with Crippen molar-refractivity contribution in [1.82, 2.24) is 15.3 Å². The van der Waals surface area contributed by atoms with Crippen LogP contribution in [0.25, 0.3) is 11.0 Å². The maximum absolute atomic E-state index is 14.3. The molecule has 0 aliphatic carbocycles. The van der Waals surface area contributed by atoms with Gasteiger partial charge < -0.3 is 24.7 Å². The number of ether oxygens (including phenoxy) is 2. The van der Waals surface area contributed by atoms with Crippen LogP contribution in [0.1, 0.15) is 27.2 Å². The highest BCUT2D eigenvalue weighted by Gasteiger charge is 2.33. The van der Waals surface area contributed by atoms with E-state index in [2.05, 4.69) is 15.3 Å². The van der Waals surface area contributed by atoms with Crippen LogP contribution in [0, 0.1) is 5.82 Å². The standard InChI is InChI=1S/C18H24F2N4O3/c1-18(2,3)27-17(25)22-14-9-24(6-5-11(14)19)16-21-13-8-10(26-4)7-12(20)15(13)23-16/h7-8,11,14H,5-6,9H2,1-4H3,(H,21,23)(H,22,25)/t11-,14-/m1/s1. The molecule has 7 nitrogen and oxygen atoms in total. The lowest BCUT2D eigenvalue weighted by atomic mass is 10.0. The molecular weight excluding hydrogens is 358 g/mol. The first-order valence-corrected chi connectivity index (χ1v) is 8.78. The molecule has 1 saturated heterocycles. The largest absolute Gasteiger partial charge is 0.497 e. The lowest BCUT2D eigenvalue weighted by Crippen LogP contribution is -2.54. The van der Waals surface area contributed by atoms with Gasteiger partial charge in [0.1, 0.15) is 23.0 Å². The molecule has 2 heterocycles. The topological polar surface area (TPSA) is 79.5 Å². The number of aromatic amines is 1. The van der Waals surface area contributed by atoms with Crippen molar-refractivity contribution >= 4 is 23.1 Å². The normalized spacial score (nSPS) is 20.6. The molecule has 1 aliphatic rings. The van der Waals surface area contributed by atoms with Gasteiger partial charge in [0.25, 0.3) is 0 Å². The highest BCUT2D eigenvalue weighted by molar-refractivity contribution is 5.80. The molecule has 1 amide bonds. The Labute approximate surface area is 156 Å². The van der Waals surface area contributed by atoms with Crippen LogP contribution < -0.4 is 15.0 Å². The van der Waals surface area contributed by atoms with Crippen LogP contribution in [-0.4, -0.2) is 54.1 Å². The number of nitrogens with zero attached hydrogens (tertiary/aromatic N) is 2. The maximum Gasteiger partial charge on any atom is 0.408 e. The summed E-state index contributed by atoms with van der Waals surface area (Å²) in [5.74, 6) is 0.290. The van der Waals surface area contributed by atoms with Crippen molar-refractivity contribution in [2.45, 2.75) is 45.0 Å². The van der Waals surface area contributed by atoms with E-state index in [9.17, 15) is 13.6 Å². The lowest BCUT2D eigenvalue weighted by molar-refractivity contribution is 0.0465. The van der Waals surface area contributed by atoms with Crippen molar-refractivity contribution in [3.63, 3.8) is 0 Å². The first-order chi connectivity index (χ1) is 12.7. The predicted octanol–water partition coefficient (Wildman–Crippen LogP) is 3.15. The zero-order chi connectivity index (χ0) is 19.8. The summed E-state index contributed by atoms with van der Waals surface area (Å²) in [4.78, 5) is 21.1. The second kappa shape index (κ2) is 7.21. The van der Waals surface area contributed by atoms with Gasteiger partial charge in [-0.1, -0.05) is 0 Å². The van der Waals surface area contributed by atoms with Crippen molar-refractivity contribution < 1.29 is 23.0 Å². The molecule has 1 aromatic carbocycles. The van der Waals surface area contributed by atoms with Crippen LogP contribution in [0.4, 0.5) is 19.5 Å². The first kappa shape index (κ1) is 19.2. The van der Waals surface area contributed by atoms with Crippen LogP contribution in [-0.2, 0) is 4.74 Å².